The van der Waals surface area contributed by atoms with E-state index in [1.807, 2.05) is 16.4 Å². The number of aromatic nitrogens is 3. The van der Waals surface area contributed by atoms with Gasteiger partial charge in [-0.05, 0) is 37.8 Å². The van der Waals surface area contributed by atoms with Gasteiger partial charge in [0.2, 0.25) is 5.91 Å². The summed E-state index contributed by atoms with van der Waals surface area (Å²) < 4.78 is 15.6. The predicted octanol–water partition coefficient (Wildman–Crippen LogP) is 2.72. The highest BCUT2D eigenvalue weighted by atomic mass is 32.2. The van der Waals surface area contributed by atoms with Crippen molar-refractivity contribution in [2.45, 2.75) is 44.9 Å². The Morgan fingerprint density at radius 2 is 1.97 bits per heavy atom. The molecule has 29 heavy (non-hydrogen) atoms. The van der Waals surface area contributed by atoms with Gasteiger partial charge in [0, 0.05) is 19.6 Å². The van der Waals surface area contributed by atoms with Crippen molar-refractivity contribution in [3.63, 3.8) is 0 Å². The lowest BCUT2D eigenvalue weighted by molar-refractivity contribution is -0.129. The molecule has 1 aromatic heterocycles. The monoisotopic (exact) mass is 419 g/mol. The van der Waals surface area contributed by atoms with Gasteiger partial charge in [0.15, 0.2) is 11.0 Å². The minimum absolute atomic E-state index is 0.00823. The Morgan fingerprint density at radius 1 is 1.24 bits per heavy atom. The van der Waals surface area contributed by atoms with Crippen molar-refractivity contribution in [2.75, 3.05) is 18.8 Å². The molecule has 0 spiro atoms. The Hall–Kier alpha value is -2.42. The second-order valence-corrected chi connectivity index (χ2v) is 8.10. The zero-order valence-corrected chi connectivity index (χ0v) is 17.5. The molecule has 1 aromatic carbocycles. The normalized spacial score (nSPS) is 14.8. The van der Waals surface area contributed by atoms with E-state index >= 15 is 0 Å². The Bertz CT molecular complexity index is 864. The van der Waals surface area contributed by atoms with Crippen LogP contribution in [0.5, 0.6) is 0 Å². The van der Waals surface area contributed by atoms with E-state index in [2.05, 4.69) is 22.4 Å². The number of amides is 2. The van der Waals surface area contributed by atoms with E-state index in [1.165, 1.54) is 30.0 Å². The maximum absolute atomic E-state index is 13.7. The van der Waals surface area contributed by atoms with Crippen molar-refractivity contribution in [2.24, 2.45) is 5.92 Å². The minimum Gasteiger partial charge on any atom is -0.345 e. The fraction of sp³-hybridized carbons (Fsp3) is 0.500. The number of benzene rings is 1. The van der Waals surface area contributed by atoms with Crippen LogP contribution >= 0.6 is 11.8 Å². The molecule has 2 aromatic rings. The van der Waals surface area contributed by atoms with Crippen LogP contribution in [0.3, 0.4) is 0 Å². The highest BCUT2D eigenvalue weighted by molar-refractivity contribution is 7.99. The zero-order valence-electron chi connectivity index (χ0n) is 16.7. The van der Waals surface area contributed by atoms with Crippen LogP contribution in [-0.4, -0.2) is 50.3 Å². The first-order chi connectivity index (χ1) is 14.0. The Labute approximate surface area is 174 Å². The number of thioether (sulfide) groups is 1. The summed E-state index contributed by atoms with van der Waals surface area (Å²) in [6, 6.07) is 5.83. The number of halogens is 1. The fourth-order valence-electron chi connectivity index (χ4n) is 3.25. The van der Waals surface area contributed by atoms with Crippen molar-refractivity contribution < 1.29 is 14.0 Å². The number of likely N-dealkylation sites (tertiary alicyclic amines) is 1. The van der Waals surface area contributed by atoms with Gasteiger partial charge in [-0.25, -0.2) is 4.39 Å². The first-order valence-corrected chi connectivity index (χ1v) is 10.8. The summed E-state index contributed by atoms with van der Waals surface area (Å²) in [6.07, 6.45) is 2.10. The lowest BCUT2D eigenvalue weighted by atomic mass is 9.99. The third-order valence-corrected chi connectivity index (χ3v) is 6.05. The van der Waals surface area contributed by atoms with E-state index in [1.54, 1.807) is 6.07 Å². The van der Waals surface area contributed by atoms with E-state index < -0.39 is 11.7 Å². The molecule has 1 aliphatic rings. The van der Waals surface area contributed by atoms with Gasteiger partial charge >= 0.3 is 0 Å². The molecular formula is C20H26FN5O2S. The molecule has 0 atom stereocenters. The Morgan fingerprint density at radius 3 is 2.66 bits per heavy atom. The molecule has 0 radical (unpaired) electrons. The molecule has 3 rings (SSSR count). The highest BCUT2D eigenvalue weighted by Crippen LogP contribution is 2.21. The van der Waals surface area contributed by atoms with Gasteiger partial charge < -0.3 is 14.8 Å². The second kappa shape index (κ2) is 9.87. The number of nitrogens with one attached hydrogen (secondary N) is 1. The average Bonchev–Trinajstić information content (AvgIpc) is 3.13. The van der Waals surface area contributed by atoms with Gasteiger partial charge in [-0.15, -0.1) is 10.2 Å². The van der Waals surface area contributed by atoms with E-state index in [0.717, 1.165) is 25.9 Å². The van der Waals surface area contributed by atoms with Crippen molar-refractivity contribution in [1.29, 1.82) is 0 Å². The van der Waals surface area contributed by atoms with Crippen molar-refractivity contribution in [3.05, 3.63) is 41.5 Å². The first-order valence-electron chi connectivity index (χ1n) is 9.85. The Kier molecular flexibility index (Phi) is 7.24. The van der Waals surface area contributed by atoms with Crippen molar-refractivity contribution >= 4 is 23.6 Å². The number of nitrogens with zero attached hydrogens (tertiary/aromatic N) is 4. The lowest BCUT2D eigenvalue weighted by Crippen LogP contribution is -2.38. The molecular weight excluding hydrogens is 393 g/mol. The van der Waals surface area contributed by atoms with Crippen LogP contribution in [0.1, 0.15) is 42.9 Å². The first kappa shape index (κ1) is 21.3. The van der Waals surface area contributed by atoms with Gasteiger partial charge in [0.25, 0.3) is 5.91 Å². The molecule has 0 saturated carbocycles. The summed E-state index contributed by atoms with van der Waals surface area (Å²) in [5, 5.41) is 11.6. The maximum Gasteiger partial charge on any atom is 0.254 e. The van der Waals surface area contributed by atoms with Crippen LogP contribution < -0.4 is 5.32 Å². The molecule has 1 N–H and O–H groups in total. The van der Waals surface area contributed by atoms with Gasteiger partial charge in [-0.2, -0.15) is 0 Å². The van der Waals surface area contributed by atoms with Gasteiger partial charge in [0.1, 0.15) is 5.82 Å². The SMILES string of the molecule is CCn1c(CNC(=O)c2ccccc2F)nnc1SCC(=O)N1CCC(C)CC1. The van der Waals surface area contributed by atoms with Gasteiger partial charge in [-0.1, -0.05) is 30.8 Å². The smallest absolute Gasteiger partial charge is 0.254 e. The zero-order chi connectivity index (χ0) is 20.8. The van der Waals surface area contributed by atoms with Gasteiger partial charge in [-0.3, -0.25) is 9.59 Å². The lowest BCUT2D eigenvalue weighted by Gasteiger charge is -2.30. The average molecular weight is 420 g/mol. The van der Waals surface area contributed by atoms with Crippen molar-refractivity contribution in [3.8, 4) is 0 Å². The molecule has 0 aliphatic carbocycles. The molecule has 7 nitrogen and oxygen atoms in total. The molecule has 9 heteroatoms. The summed E-state index contributed by atoms with van der Waals surface area (Å²) in [5.74, 6) is 0.605. The summed E-state index contributed by atoms with van der Waals surface area (Å²) in [4.78, 5) is 26.5. The number of carbonyl (C=O) groups excluding carboxylic acids is 2. The summed E-state index contributed by atoms with van der Waals surface area (Å²) in [6.45, 7) is 6.53. The van der Waals surface area contributed by atoms with Crippen LogP contribution in [0.4, 0.5) is 4.39 Å². The molecule has 2 heterocycles. The van der Waals surface area contributed by atoms with Crippen LogP contribution in [0.15, 0.2) is 29.4 Å². The van der Waals surface area contributed by atoms with Crippen LogP contribution in [0.2, 0.25) is 0 Å². The molecule has 1 fully saturated rings. The van der Waals surface area contributed by atoms with Gasteiger partial charge in [0.05, 0.1) is 17.9 Å². The van der Waals surface area contributed by atoms with E-state index in [0.29, 0.717) is 29.2 Å². The molecule has 1 aliphatic heterocycles. The third-order valence-electron chi connectivity index (χ3n) is 5.10. The number of carbonyl (C=O) groups is 2. The van der Waals surface area contributed by atoms with E-state index in [-0.39, 0.29) is 18.0 Å². The highest BCUT2D eigenvalue weighted by Gasteiger charge is 2.21. The van der Waals surface area contributed by atoms with Crippen molar-refractivity contribution in [1.82, 2.24) is 25.0 Å². The standard InChI is InChI=1S/C20H26FN5O2S/c1-3-26-17(12-22-19(28)15-6-4-5-7-16(15)21)23-24-20(26)29-13-18(27)25-10-8-14(2)9-11-25/h4-7,14H,3,8-13H2,1-2H3,(H,22,28). The topological polar surface area (TPSA) is 80.1 Å². The quantitative estimate of drug-likeness (QED) is 0.698. The fourth-order valence-corrected chi connectivity index (χ4v) is 4.17. The Balaban J connectivity index is 1.56. The molecule has 0 bridgehead atoms. The number of hydrogen-bond acceptors (Lipinski definition) is 5. The van der Waals surface area contributed by atoms with Crippen LogP contribution in [0, 0.1) is 11.7 Å². The number of rotatable bonds is 7. The summed E-state index contributed by atoms with van der Waals surface area (Å²) in [7, 11) is 0. The molecule has 1 saturated heterocycles. The molecule has 0 unspecified atom stereocenters. The number of hydrogen-bond donors (Lipinski definition) is 1. The summed E-state index contributed by atoms with van der Waals surface area (Å²) >= 11 is 1.35. The van der Waals surface area contributed by atoms with E-state index in [4.69, 9.17) is 0 Å². The third kappa shape index (κ3) is 5.35. The summed E-state index contributed by atoms with van der Waals surface area (Å²) in [5.41, 5.74) is -0.00823. The largest absolute Gasteiger partial charge is 0.345 e. The molecule has 156 valence electrons. The number of piperidine rings is 1. The van der Waals surface area contributed by atoms with E-state index in [9.17, 15) is 14.0 Å². The van der Waals surface area contributed by atoms with Crippen LogP contribution in [-0.2, 0) is 17.9 Å². The minimum atomic E-state index is -0.566. The molecule has 2 amide bonds. The van der Waals surface area contributed by atoms with Crippen LogP contribution in [0.25, 0.3) is 0 Å². The second-order valence-electron chi connectivity index (χ2n) is 7.16. The maximum atomic E-state index is 13.7. The predicted molar refractivity (Wildman–Crippen MR) is 109 cm³/mol.